The number of carbonyl (C=O) groups is 7. The lowest BCUT2D eigenvalue weighted by molar-refractivity contribution is -0.142. The highest BCUT2D eigenvalue weighted by molar-refractivity contribution is 5.97. The molecule has 7 amide bonds. The van der Waals surface area contributed by atoms with E-state index in [9.17, 15) is 43.8 Å². The number of H-pyrrole nitrogens is 1. The van der Waals surface area contributed by atoms with E-state index in [1.807, 2.05) is 38.1 Å². The molecule has 0 unspecified atom stereocenters. The number of amides is 7. The molecule has 0 bridgehead atoms. The first kappa shape index (κ1) is 48.9. The molecule has 1 aliphatic rings. The number of nitrogens with two attached hydrogens (primary N) is 4. The van der Waals surface area contributed by atoms with Crippen molar-refractivity contribution in [1.82, 2.24) is 36.5 Å². The fourth-order valence-corrected chi connectivity index (χ4v) is 7.24. The molecule has 1 saturated heterocycles. The molecule has 16 N–H and O–H groups in total. The zero-order chi connectivity index (χ0) is 46.2. The summed E-state index contributed by atoms with van der Waals surface area (Å²) in [6.45, 7) is 2.89. The fourth-order valence-electron chi connectivity index (χ4n) is 7.24. The first-order chi connectivity index (χ1) is 30.0. The van der Waals surface area contributed by atoms with Crippen molar-refractivity contribution in [2.75, 3.05) is 26.2 Å². The Morgan fingerprint density at radius 1 is 0.841 bits per heavy atom. The maximum atomic E-state index is 14.5. The zero-order valence-corrected chi connectivity index (χ0v) is 35.5. The van der Waals surface area contributed by atoms with Crippen LogP contribution in [0.1, 0.15) is 57.1 Å². The largest absolute Gasteiger partial charge is 0.508 e. The number of hydrogen-bond donors (Lipinski definition) is 12. The van der Waals surface area contributed by atoms with E-state index in [1.54, 1.807) is 18.3 Å². The number of aliphatic hydroxyl groups is 1. The van der Waals surface area contributed by atoms with Crippen LogP contribution in [-0.2, 0) is 46.4 Å². The van der Waals surface area contributed by atoms with Gasteiger partial charge in [-0.3, -0.25) is 38.6 Å². The number of phenolic OH excluding ortho intramolecular Hbond substituents is 1. The van der Waals surface area contributed by atoms with Crippen LogP contribution in [0.3, 0.4) is 0 Å². The highest BCUT2D eigenvalue weighted by Crippen LogP contribution is 2.22. The van der Waals surface area contributed by atoms with Crippen LogP contribution in [0.15, 0.2) is 59.7 Å². The van der Waals surface area contributed by atoms with Crippen molar-refractivity contribution in [3.63, 3.8) is 0 Å². The van der Waals surface area contributed by atoms with Gasteiger partial charge in [0.05, 0.1) is 13.2 Å². The lowest BCUT2D eigenvalue weighted by Gasteiger charge is -2.30. The number of benzene rings is 2. The first-order valence-corrected chi connectivity index (χ1v) is 20.8. The van der Waals surface area contributed by atoms with Crippen LogP contribution in [0, 0.1) is 5.92 Å². The summed E-state index contributed by atoms with van der Waals surface area (Å²) in [7, 11) is 0. The lowest BCUT2D eigenvalue weighted by Crippen LogP contribution is -2.60. The van der Waals surface area contributed by atoms with E-state index in [2.05, 4.69) is 36.6 Å². The van der Waals surface area contributed by atoms with Crippen molar-refractivity contribution >= 4 is 58.2 Å². The Balaban J connectivity index is 1.63. The third kappa shape index (κ3) is 14.7. The number of primary amides is 1. The van der Waals surface area contributed by atoms with Crippen molar-refractivity contribution in [2.24, 2.45) is 33.8 Å². The van der Waals surface area contributed by atoms with Gasteiger partial charge in [0.1, 0.15) is 42.0 Å². The number of aromatic nitrogens is 1. The van der Waals surface area contributed by atoms with Gasteiger partial charge in [-0.1, -0.05) is 44.2 Å². The molecule has 4 rings (SSSR count). The normalized spacial score (nSPS) is 16.0. The quantitative estimate of drug-likeness (QED) is 0.0270. The summed E-state index contributed by atoms with van der Waals surface area (Å²) in [5, 5.41) is 33.5. The molecular weight excluding hydrogens is 817 g/mol. The number of likely N-dealkylation sites (tertiary alicyclic amines) is 1. The van der Waals surface area contributed by atoms with Crippen LogP contribution in [0.25, 0.3) is 10.9 Å². The van der Waals surface area contributed by atoms with Gasteiger partial charge in [0.2, 0.25) is 41.4 Å². The van der Waals surface area contributed by atoms with Gasteiger partial charge in [-0.2, -0.15) is 0 Å². The Labute approximate surface area is 364 Å². The van der Waals surface area contributed by atoms with Crippen LogP contribution in [-0.4, -0.2) is 130 Å². The number of carbonyl (C=O) groups excluding carboxylic acids is 7. The van der Waals surface area contributed by atoms with Gasteiger partial charge in [-0.05, 0) is 67.3 Å². The Morgan fingerprint density at radius 2 is 1.46 bits per heavy atom. The molecule has 0 saturated carbocycles. The molecule has 2 heterocycles. The number of aliphatic hydroxyl groups excluding tert-OH is 1. The number of hydrogen-bond acceptors (Lipinski definition) is 11. The number of phenols is 1. The van der Waals surface area contributed by atoms with Gasteiger partial charge in [-0.25, -0.2) is 0 Å². The molecule has 63 heavy (non-hydrogen) atoms. The molecule has 3 aromatic rings. The maximum Gasteiger partial charge on any atom is 0.245 e. The summed E-state index contributed by atoms with van der Waals surface area (Å²) in [5.41, 5.74) is 23.9. The third-order valence-corrected chi connectivity index (χ3v) is 10.4. The lowest BCUT2D eigenvalue weighted by atomic mass is 9.99. The molecule has 342 valence electrons. The number of aromatic hydroxyl groups is 1. The van der Waals surface area contributed by atoms with Crippen molar-refractivity contribution in [3.05, 3.63) is 65.9 Å². The molecule has 1 aromatic heterocycles. The molecule has 1 fully saturated rings. The Kier molecular flexibility index (Phi) is 18.2. The number of aliphatic imine (C=N–C) groups is 1. The summed E-state index contributed by atoms with van der Waals surface area (Å²) in [6, 6.07) is 5.96. The molecule has 1 aliphatic heterocycles. The average molecular weight is 877 g/mol. The van der Waals surface area contributed by atoms with Crippen molar-refractivity contribution in [3.8, 4) is 5.75 Å². The topological polar surface area (TPSA) is 356 Å². The summed E-state index contributed by atoms with van der Waals surface area (Å²) < 4.78 is 0. The molecular formula is C42H60N12O9. The molecule has 0 aliphatic carbocycles. The van der Waals surface area contributed by atoms with Gasteiger partial charge >= 0.3 is 0 Å². The van der Waals surface area contributed by atoms with Crippen LogP contribution in [0.5, 0.6) is 5.75 Å². The number of nitrogens with zero attached hydrogens (tertiary/aromatic N) is 2. The Hall–Kier alpha value is -6.74. The molecule has 0 radical (unpaired) electrons. The highest BCUT2D eigenvalue weighted by atomic mass is 16.3. The fraction of sp³-hybridized carbons (Fsp3) is 0.476. The Morgan fingerprint density at radius 3 is 2.11 bits per heavy atom. The van der Waals surface area contributed by atoms with Gasteiger partial charge in [0.25, 0.3) is 0 Å². The first-order valence-electron chi connectivity index (χ1n) is 20.8. The third-order valence-electron chi connectivity index (χ3n) is 10.4. The van der Waals surface area contributed by atoms with Gasteiger partial charge in [0.15, 0.2) is 5.96 Å². The minimum absolute atomic E-state index is 0.0205. The monoisotopic (exact) mass is 876 g/mol. The average Bonchev–Trinajstić information content (AvgIpc) is 3.91. The molecule has 21 nitrogen and oxygen atoms in total. The van der Waals surface area contributed by atoms with Crippen LogP contribution in [0.2, 0.25) is 0 Å². The molecule has 2 aromatic carbocycles. The second-order valence-corrected chi connectivity index (χ2v) is 15.9. The van der Waals surface area contributed by atoms with Crippen LogP contribution >= 0.6 is 0 Å². The van der Waals surface area contributed by atoms with E-state index >= 15 is 0 Å². The van der Waals surface area contributed by atoms with E-state index in [1.165, 1.54) is 17.0 Å². The standard InChI is InChI=1S/C42H60N12O9/c1-23(2)17-31(37(59)50-30(9-5-15-47-42(45)46)41(63)54-16-6-10-34(54)40(62)49-21-35(44)57)52-39(61)33(19-25-20-48-29-8-4-3-7-27(25)29)53-38(60)32(51-36(58)28(43)22-55)18-24-11-13-26(56)14-12-24/h3-4,7-8,11-14,20,23,28,30-34,48,55-56H,5-6,9-10,15-19,21-22,43H2,1-2H3,(H2,44,57)(H,49,62)(H,50,59)(H,51,58)(H,52,61)(H,53,60)(H4,45,46,47)/t28-,30-,31+,32+,33-,34-/m0/s1. The van der Waals surface area contributed by atoms with Crippen LogP contribution < -0.4 is 49.5 Å². The van der Waals surface area contributed by atoms with Crippen LogP contribution in [0.4, 0.5) is 0 Å². The highest BCUT2D eigenvalue weighted by Gasteiger charge is 2.39. The minimum atomic E-state index is -1.35. The molecule has 6 atom stereocenters. The SMILES string of the molecule is CC(C)C[C@@H](NC(=O)[C@H](Cc1c[nH]c2ccccc12)NC(=O)[C@@H](Cc1ccc(O)cc1)NC(=O)[C@@H](N)CO)C(=O)N[C@@H](CCCN=C(N)N)C(=O)N1CCC[C@H]1C(=O)NCC(N)=O. The second-order valence-electron chi connectivity index (χ2n) is 15.9. The Bertz CT molecular complexity index is 2100. The van der Waals surface area contributed by atoms with Crippen molar-refractivity contribution < 1.29 is 43.8 Å². The number of para-hydroxylation sites is 1. The zero-order valence-electron chi connectivity index (χ0n) is 35.5. The predicted octanol–water partition coefficient (Wildman–Crippen LogP) is -2.39. The van der Waals surface area contributed by atoms with Crippen molar-refractivity contribution in [2.45, 2.75) is 95.0 Å². The maximum absolute atomic E-state index is 14.5. The predicted molar refractivity (Wildman–Crippen MR) is 233 cm³/mol. The molecule has 0 spiro atoms. The van der Waals surface area contributed by atoms with E-state index in [4.69, 9.17) is 22.9 Å². The summed E-state index contributed by atoms with van der Waals surface area (Å²) >= 11 is 0. The van der Waals surface area contributed by atoms with Crippen molar-refractivity contribution in [1.29, 1.82) is 0 Å². The van der Waals surface area contributed by atoms with Gasteiger partial charge in [0, 0.05) is 43.0 Å². The van der Waals surface area contributed by atoms with E-state index in [-0.39, 0.29) is 62.8 Å². The molecule has 21 heteroatoms. The van der Waals surface area contributed by atoms with Gasteiger partial charge < -0.3 is 69.6 Å². The number of aromatic amines is 1. The second kappa shape index (κ2) is 23.5. The number of guanidine groups is 1. The van der Waals surface area contributed by atoms with E-state index in [0.717, 1.165) is 10.9 Å². The minimum Gasteiger partial charge on any atom is -0.508 e. The smallest absolute Gasteiger partial charge is 0.245 e. The summed E-state index contributed by atoms with van der Waals surface area (Å²) in [5.74, 6) is -5.29. The summed E-state index contributed by atoms with van der Waals surface area (Å²) in [4.78, 5) is 103. The summed E-state index contributed by atoms with van der Waals surface area (Å²) in [6.07, 6.45) is 2.78. The van der Waals surface area contributed by atoms with Gasteiger partial charge in [-0.15, -0.1) is 0 Å². The number of fused-ring (bicyclic) bond motifs is 1. The van der Waals surface area contributed by atoms with E-state index in [0.29, 0.717) is 24.0 Å². The number of rotatable bonds is 23. The van der Waals surface area contributed by atoms with E-state index < -0.39 is 90.8 Å². The number of nitrogens with one attached hydrogen (secondary N) is 6.